The van der Waals surface area contributed by atoms with Gasteiger partial charge in [0, 0.05) is 20.3 Å². The van der Waals surface area contributed by atoms with E-state index in [2.05, 4.69) is 5.32 Å². The van der Waals surface area contributed by atoms with Gasteiger partial charge in [0.1, 0.15) is 12.3 Å². The van der Waals surface area contributed by atoms with E-state index in [1.165, 1.54) is 11.1 Å². The zero-order valence-corrected chi connectivity index (χ0v) is 10.8. The molecule has 0 heterocycles. The minimum Gasteiger partial charge on any atom is -0.477 e. The number of aliphatic carboxylic acids is 1. The van der Waals surface area contributed by atoms with Gasteiger partial charge < -0.3 is 14.7 Å². The number of amides is 1. The fraction of sp³-hybridized carbons (Fsp3) is 0.231. The molecular weight excluding hydrogens is 248 g/mol. The number of hydrogen-bond acceptors (Lipinski definition) is 4. The average Bonchev–Trinajstić information content (AvgIpc) is 2.36. The summed E-state index contributed by atoms with van der Waals surface area (Å²) in [4.78, 5) is 23.9. The Bertz CT molecular complexity index is 469. The third-order valence-corrected chi connectivity index (χ3v) is 2.07. The number of ether oxygens (including phenoxy) is 1. The molecule has 0 spiro atoms. The lowest BCUT2D eigenvalue weighted by atomic mass is 10.2. The van der Waals surface area contributed by atoms with Gasteiger partial charge in [-0.1, -0.05) is 30.3 Å². The Morgan fingerprint density at radius 3 is 2.47 bits per heavy atom. The molecule has 0 aliphatic carbocycles. The van der Waals surface area contributed by atoms with Crippen LogP contribution in [0.2, 0.25) is 0 Å². The zero-order valence-electron chi connectivity index (χ0n) is 10.8. The molecule has 1 rings (SSSR count). The minimum absolute atomic E-state index is 0.0849. The van der Waals surface area contributed by atoms with Crippen molar-refractivity contribution in [1.82, 2.24) is 10.2 Å². The van der Waals surface area contributed by atoms with Crippen molar-refractivity contribution < 1.29 is 19.4 Å². The lowest BCUT2D eigenvalue weighted by Gasteiger charge is -2.10. The molecule has 0 aliphatic rings. The first kappa shape index (κ1) is 14.6. The summed E-state index contributed by atoms with van der Waals surface area (Å²) in [5, 5.41) is 11.1. The van der Waals surface area contributed by atoms with E-state index in [0.29, 0.717) is 0 Å². The molecule has 0 saturated carbocycles. The van der Waals surface area contributed by atoms with Crippen molar-refractivity contribution in [3.8, 4) is 0 Å². The third kappa shape index (κ3) is 5.58. The predicted molar refractivity (Wildman–Crippen MR) is 69.2 cm³/mol. The Kier molecular flexibility index (Phi) is 5.40. The Labute approximate surface area is 111 Å². The van der Waals surface area contributed by atoms with Crippen molar-refractivity contribution in [3.63, 3.8) is 0 Å². The molecule has 0 aliphatic heterocycles. The van der Waals surface area contributed by atoms with E-state index in [-0.39, 0.29) is 12.3 Å². The monoisotopic (exact) mass is 264 g/mol. The summed E-state index contributed by atoms with van der Waals surface area (Å²) in [7, 11) is 3.31. The lowest BCUT2D eigenvalue weighted by molar-refractivity contribution is -0.133. The molecule has 0 saturated heterocycles. The quantitative estimate of drug-likeness (QED) is 0.786. The molecule has 0 unspecified atom stereocenters. The Balaban J connectivity index is 2.52. The van der Waals surface area contributed by atoms with Crippen LogP contribution in [-0.4, -0.2) is 36.2 Å². The van der Waals surface area contributed by atoms with Gasteiger partial charge in [-0.05, 0) is 5.56 Å². The highest BCUT2D eigenvalue weighted by Gasteiger charge is 2.12. The summed E-state index contributed by atoms with van der Waals surface area (Å²) in [5.41, 5.74) is 0.578. The number of carboxylic acid groups (broad SMARTS) is 1. The van der Waals surface area contributed by atoms with E-state index >= 15 is 0 Å². The van der Waals surface area contributed by atoms with Crippen LogP contribution in [0.1, 0.15) is 5.56 Å². The number of carbonyl (C=O) groups excluding carboxylic acids is 1. The molecule has 1 aromatic carbocycles. The van der Waals surface area contributed by atoms with Gasteiger partial charge in [0.2, 0.25) is 0 Å². The summed E-state index contributed by atoms with van der Waals surface area (Å²) in [6.07, 6.45) is 0.478. The highest BCUT2D eigenvalue weighted by Crippen LogP contribution is 2.01. The summed E-state index contributed by atoms with van der Waals surface area (Å²) in [6, 6.07) is 9.12. The molecule has 6 nitrogen and oxygen atoms in total. The van der Waals surface area contributed by atoms with Crippen molar-refractivity contribution in [2.45, 2.75) is 6.61 Å². The highest BCUT2D eigenvalue weighted by atomic mass is 16.5. The van der Waals surface area contributed by atoms with Crippen molar-refractivity contribution in [1.29, 1.82) is 0 Å². The molecule has 102 valence electrons. The number of hydrogen-bond donors (Lipinski definition) is 2. The first-order valence-electron chi connectivity index (χ1n) is 5.58. The standard InChI is InChI=1S/C13H16N2O4/c1-15(2)8-11(12(16)17)14-13(18)19-9-10-6-4-3-5-7-10/h3-8H,9H2,1-2H3,(H,14,18)(H,16,17). The second-order valence-corrected chi connectivity index (χ2v) is 4.00. The van der Waals surface area contributed by atoms with Crippen LogP contribution in [0.3, 0.4) is 0 Å². The van der Waals surface area contributed by atoms with Crippen LogP contribution in [0, 0.1) is 0 Å². The third-order valence-electron chi connectivity index (χ3n) is 2.07. The zero-order chi connectivity index (χ0) is 14.3. The number of rotatable bonds is 5. The topological polar surface area (TPSA) is 78.9 Å². The van der Waals surface area contributed by atoms with Crippen LogP contribution in [0.25, 0.3) is 0 Å². The minimum atomic E-state index is -1.23. The van der Waals surface area contributed by atoms with Gasteiger partial charge in [-0.15, -0.1) is 0 Å². The van der Waals surface area contributed by atoms with Gasteiger partial charge in [0.25, 0.3) is 0 Å². The van der Waals surface area contributed by atoms with E-state index in [4.69, 9.17) is 9.84 Å². The van der Waals surface area contributed by atoms with Crippen molar-refractivity contribution in [2.75, 3.05) is 14.1 Å². The van der Waals surface area contributed by atoms with Crippen LogP contribution in [0.5, 0.6) is 0 Å². The molecular formula is C13H16N2O4. The normalized spacial score (nSPS) is 10.7. The molecule has 0 aromatic heterocycles. The SMILES string of the molecule is CN(C)C=C(NC(=O)OCc1ccccc1)C(=O)O. The van der Waals surface area contributed by atoms with Gasteiger partial charge in [-0.25, -0.2) is 9.59 Å². The fourth-order valence-corrected chi connectivity index (χ4v) is 1.27. The first-order chi connectivity index (χ1) is 8.99. The maximum Gasteiger partial charge on any atom is 0.412 e. The van der Waals surface area contributed by atoms with Crippen molar-refractivity contribution in [3.05, 3.63) is 47.8 Å². The highest BCUT2D eigenvalue weighted by molar-refractivity contribution is 5.90. The Morgan fingerprint density at radius 1 is 1.32 bits per heavy atom. The molecule has 0 radical (unpaired) electrons. The molecule has 0 bridgehead atoms. The van der Waals surface area contributed by atoms with Crippen LogP contribution < -0.4 is 5.32 Å². The molecule has 2 N–H and O–H groups in total. The second-order valence-electron chi connectivity index (χ2n) is 4.00. The van der Waals surface area contributed by atoms with Crippen molar-refractivity contribution >= 4 is 12.1 Å². The molecule has 6 heteroatoms. The largest absolute Gasteiger partial charge is 0.477 e. The predicted octanol–water partition coefficient (Wildman–Crippen LogP) is 1.40. The van der Waals surface area contributed by atoms with Gasteiger partial charge >= 0.3 is 12.1 Å². The summed E-state index contributed by atoms with van der Waals surface area (Å²) in [5.74, 6) is -1.23. The van der Waals surface area contributed by atoms with E-state index in [1.807, 2.05) is 18.2 Å². The van der Waals surface area contributed by atoms with Crippen LogP contribution in [0.4, 0.5) is 4.79 Å². The van der Waals surface area contributed by atoms with Gasteiger partial charge in [0.05, 0.1) is 0 Å². The van der Waals surface area contributed by atoms with Crippen molar-refractivity contribution in [2.24, 2.45) is 0 Å². The fourth-order valence-electron chi connectivity index (χ4n) is 1.27. The Morgan fingerprint density at radius 2 is 1.95 bits per heavy atom. The average molecular weight is 264 g/mol. The number of benzene rings is 1. The second kappa shape index (κ2) is 7.05. The van der Waals surface area contributed by atoms with E-state index in [0.717, 1.165) is 5.56 Å². The first-order valence-corrected chi connectivity index (χ1v) is 5.58. The van der Waals surface area contributed by atoms with Crippen LogP contribution in [0.15, 0.2) is 42.2 Å². The number of alkyl carbamates (subject to hydrolysis) is 1. The van der Waals surface area contributed by atoms with Crippen LogP contribution in [-0.2, 0) is 16.1 Å². The maximum atomic E-state index is 11.5. The summed E-state index contributed by atoms with van der Waals surface area (Å²) >= 11 is 0. The van der Waals surface area contributed by atoms with E-state index in [1.54, 1.807) is 26.2 Å². The van der Waals surface area contributed by atoms with E-state index < -0.39 is 12.1 Å². The van der Waals surface area contributed by atoms with Gasteiger partial charge in [0.15, 0.2) is 0 Å². The van der Waals surface area contributed by atoms with Gasteiger partial charge in [-0.2, -0.15) is 0 Å². The molecule has 1 amide bonds. The Hall–Kier alpha value is -2.50. The lowest BCUT2D eigenvalue weighted by Crippen LogP contribution is -2.29. The van der Waals surface area contributed by atoms with Crippen LogP contribution >= 0.6 is 0 Å². The maximum absolute atomic E-state index is 11.5. The smallest absolute Gasteiger partial charge is 0.412 e. The molecule has 19 heavy (non-hydrogen) atoms. The summed E-state index contributed by atoms with van der Waals surface area (Å²) < 4.78 is 4.92. The number of carboxylic acids is 1. The number of carbonyl (C=O) groups is 2. The number of nitrogens with zero attached hydrogens (tertiary/aromatic N) is 1. The number of nitrogens with one attached hydrogen (secondary N) is 1. The molecule has 0 atom stereocenters. The summed E-state index contributed by atoms with van der Waals surface area (Å²) in [6.45, 7) is 0.0849. The molecule has 0 fully saturated rings. The van der Waals surface area contributed by atoms with E-state index in [9.17, 15) is 9.59 Å². The molecule has 1 aromatic rings. The van der Waals surface area contributed by atoms with Gasteiger partial charge in [-0.3, -0.25) is 5.32 Å².